The summed E-state index contributed by atoms with van der Waals surface area (Å²) in [6, 6.07) is 13.9. The molecule has 2 aromatic carbocycles. The Hall–Kier alpha value is -3.61. The number of aryl methyl sites for hydroxylation is 1. The van der Waals surface area contributed by atoms with Crippen molar-refractivity contribution in [1.29, 1.82) is 0 Å². The van der Waals surface area contributed by atoms with Gasteiger partial charge in [-0.3, -0.25) is 9.59 Å². The lowest BCUT2D eigenvalue weighted by atomic mass is 10.1. The number of hydrogen-bond donors (Lipinski definition) is 1. The highest BCUT2D eigenvalue weighted by Crippen LogP contribution is 2.21. The molecular formula is C25H27NO6. The Balaban J connectivity index is 1.57. The molecule has 1 N–H and O–H groups in total. The van der Waals surface area contributed by atoms with Crippen LogP contribution in [0.2, 0.25) is 0 Å². The first-order chi connectivity index (χ1) is 15.3. The first-order valence-electron chi connectivity index (χ1n) is 10.6. The predicted molar refractivity (Wildman–Crippen MR) is 121 cm³/mol. The number of ether oxygens (including phenoxy) is 2. The molecular weight excluding hydrogens is 410 g/mol. The number of carbonyl (C=O) groups is 2. The van der Waals surface area contributed by atoms with Crippen LogP contribution >= 0.6 is 0 Å². The number of esters is 1. The molecule has 0 fully saturated rings. The molecule has 32 heavy (non-hydrogen) atoms. The first kappa shape index (κ1) is 23.1. The van der Waals surface area contributed by atoms with Gasteiger partial charge in [0.25, 0.3) is 5.91 Å². The molecule has 3 aromatic rings. The monoisotopic (exact) mass is 437 g/mol. The zero-order valence-corrected chi connectivity index (χ0v) is 18.5. The number of para-hydroxylation sites is 1. The van der Waals surface area contributed by atoms with E-state index in [1.165, 1.54) is 12.1 Å². The molecule has 3 rings (SSSR count). The fourth-order valence-electron chi connectivity index (χ4n) is 3.00. The van der Waals surface area contributed by atoms with Crippen molar-refractivity contribution in [1.82, 2.24) is 5.32 Å². The van der Waals surface area contributed by atoms with Crippen molar-refractivity contribution in [3.05, 3.63) is 70.1 Å². The standard InChI is InChI=1S/C25H27NO6/c1-16(2)15-26-24(28)20-13-18-10-11-19(14-22(18)32-25(20)29)31-23(27)9-6-12-30-21-8-5-4-7-17(21)3/h4-5,7-8,10-11,13-14,16H,6,9,12,15H2,1-3H3,(H,26,28). The third-order valence-electron chi connectivity index (χ3n) is 4.73. The van der Waals surface area contributed by atoms with Gasteiger partial charge in [-0.1, -0.05) is 32.0 Å². The predicted octanol–water partition coefficient (Wildman–Crippen LogP) is 4.25. The summed E-state index contributed by atoms with van der Waals surface area (Å²) in [5, 5.41) is 3.26. The van der Waals surface area contributed by atoms with E-state index in [2.05, 4.69) is 5.32 Å². The fraction of sp³-hybridized carbons (Fsp3) is 0.320. The van der Waals surface area contributed by atoms with Crippen LogP contribution in [0.25, 0.3) is 11.0 Å². The first-order valence-corrected chi connectivity index (χ1v) is 10.6. The third-order valence-corrected chi connectivity index (χ3v) is 4.73. The molecule has 1 amide bonds. The Bertz CT molecular complexity index is 1160. The molecule has 0 aliphatic carbocycles. The van der Waals surface area contributed by atoms with Crippen molar-refractivity contribution in [2.45, 2.75) is 33.6 Å². The summed E-state index contributed by atoms with van der Waals surface area (Å²) in [6.07, 6.45) is 0.688. The van der Waals surface area contributed by atoms with Crippen LogP contribution in [0, 0.1) is 12.8 Å². The van der Waals surface area contributed by atoms with Crippen LogP contribution in [0.3, 0.4) is 0 Å². The molecule has 0 saturated heterocycles. The van der Waals surface area contributed by atoms with Gasteiger partial charge in [0.1, 0.15) is 22.6 Å². The van der Waals surface area contributed by atoms with E-state index in [0.717, 1.165) is 11.3 Å². The largest absolute Gasteiger partial charge is 0.493 e. The summed E-state index contributed by atoms with van der Waals surface area (Å²) in [5.41, 5.74) is 0.476. The molecule has 0 radical (unpaired) electrons. The maximum atomic E-state index is 12.2. The van der Waals surface area contributed by atoms with Crippen LogP contribution in [-0.4, -0.2) is 25.0 Å². The SMILES string of the molecule is Cc1ccccc1OCCCC(=O)Oc1ccc2cc(C(=O)NCC(C)C)c(=O)oc2c1. The molecule has 7 nitrogen and oxygen atoms in total. The summed E-state index contributed by atoms with van der Waals surface area (Å²) >= 11 is 0. The number of amides is 1. The zero-order valence-electron chi connectivity index (χ0n) is 18.5. The number of carbonyl (C=O) groups excluding carboxylic acids is 2. The maximum Gasteiger partial charge on any atom is 0.349 e. The van der Waals surface area contributed by atoms with Crippen LogP contribution in [0.5, 0.6) is 11.5 Å². The number of rotatable bonds is 9. The highest BCUT2D eigenvalue weighted by molar-refractivity contribution is 5.96. The Morgan fingerprint density at radius 2 is 1.88 bits per heavy atom. The van der Waals surface area contributed by atoms with E-state index in [1.807, 2.05) is 45.0 Å². The van der Waals surface area contributed by atoms with Crippen LogP contribution in [0.4, 0.5) is 0 Å². The Labute approximate surface area is 186 Å². The molecule has 0 aliphatic rings. The van der Waals surface area contributed by atoms with Crippen molar-refractivity contribution in [3.63, 3.8) is 0 Å². The Morgan fingerprint density at radius 3 is 2.62 bits per heavy atom. The lowest BCUT2D eigenvalue weighted by Gasteiger charge is -2.09. The van der Waals surface area contributed by atoms with E-state index in [4.69, 9.17) is 13.9 Å². The molecule has 1 aromatic heterocycles. The summed E-state index contributed by atoms with van der Waals surface area (Å²) in [5.74, 6) is 0.436. The average molecular weight is 437 g/mol. The van der Waals surface area contributed by atoms with Crippen molar-refractivity contribution in [2.75, 3.05) is 13.2 Å². The van der Waals surface area contributed by atoms with Crippen LogP contribution in [-0.2, 0) is 4.79 Å². The minimum absolute atomic E-state index is 0.0588. The van der Waals surface area contributed by atoms with Gasteiger partial charge >= 0.3 is 11.6 Å². The van der Waals surface area contributed by atoms with E-state index >= 15 is 0 Å². The Kier molecular flexibility index (Phi) is 7.65. The summed E-state index contributed by atoms with van der Waals surface area (Å²) in [4.78, 5) is 36.6. The van der Waals surface area contributed by atoms with Gasteiger partial charge in [-0.25, -0.2) is 4.79 Å². The molecule has 0 aliphatic heterocycles. The normalized spacial score (nSPS) is 10.9. The van der Waals surface area contributed by atoms with Gasteiger partial charge in [-0.05, 0) is 49.1 Å². The maximum absolute atomic E-state index is 12.2. The van der Waals surface area contributed by atoms with Gasteiger partial charge in [0.15, 0.2) is 0 Å². The lowest BCUT2D eigenvalue weighted by molar-refractivity contribution is -0.134. The second-order valence-electron chi connectivity index (χ2n) is 7.94. The number of benzene rings is 2. The molecule has 0 unspecified atom stereocenters. The van der Waals surface area contributed by atoms with Crippen LogP contribution in [0.1, 0.15) is 42.6 Å². The molecule has 7 heteroatoms. The van der Waals surface area contributed by atoms with Gasteiger partial charge in [0.05, 0.1) is 6.61 Å². The third kappa shape index (κ3) is 6.20. The molecule has 168 valence electrons. The Morgan fingerprint density at radius 1 is 1.09 bits per heavy atom. The zero-order chi connectivity index (χ0) is 23.1. The quantitative estimate of drug-likeness (QED) is 0.233. The minimum Gasteiger partial charge on any atom is -0.493 e. The van der Waals surface area contributed by atoms with Gasteiger partial charge in [0, 0.05) is 24.4 Å². The van der Waals surface area contributed by atoms with Gasteiger partial charge in [-0.15, -0.1) is 0 Å². The van der Waals surface area contributed by atoms with E-state index < -0.39 is 17.5 Å². The van der Waals surface area contributed by atoms with Crippen LogP contribution < -0.4 is 20.4 Å². The minimum atomic E-state index is -0.740. The van der Waals surface area contributed by atoms with Crippen molar-refractivity contribution >= 4 is 22.8 Å². The van der Waals surface area contributed by atoms with Gasteiger partial charge in [-0.2, -0.15) is 0 Å². The van der Waals surface area contributed by atoms with E-state index in [0.29, 0.717) is 25.0 Å². The average Bonchev–Trinajstić information content (AvgIpc) is 2.75. The van der Waals surface area contributed by atoms with Crippen molar-refractivity contribution < 1.29 is 23.5 Å². The second-order valence-corrected chi connectivity index (χ2v) is 7.94. The van der Waals surface area contributed by atoms with Crippen molar-refractivity contribution in [2.24, 2.45) is 5.92 Å². The fourth-order valence-corrected chi connectivity index (χ4v) is 3.00. The number of nitrogens with one attached hydrogen (secondary N) is 1. The molecule has 0 atom stereocenters. The molecule has 0 saturated carbocycles. The number of hydrogen-bond acceptors (Lipinski definition) is 6. The van der Waals surface area contributed by atoms with Gasteiger partial charge < -0.3 is 19.2 Å². The molecule has 0 spiro atoms. The van der Waals surface area contributed by atoms with E-state index in [1.54, 1.807) is 12.1 Å². The molecule has 0 bridgehead atoms. The smallest absolute Gasteiger partial charge is 0.349 e. The molecule has 1 heterocycles. The van der Waals surface area contributed by atoms with Crippen molar-refractivity contribution in [3.8, 4) is 11.5 Å². The second kappa shape index (κ2) is 10.6. The van der Waals surface area contributed by atoms with Gasteiger partial charge in [0.2, 0.25) is 0 Å². The topological polar surface area (TPSA) is 94.8 Å². The number of fused-ring (bicyclic) bond motifs is 1. The highest BCUT2D eigenvalue weighted by atomic mass is 16.5. The summed E-state index contributed by atoms with van der Waals surface area (Å²) in [6.45, 7) is 6.74. The van der Waals surface area contributed by atoms with Crippen LogP contribution in [0.15, 0.2) is 57.7 Å². The summed E-state index contributed by atoms with van der Waals surface area (Å²) < 4.78 is 16.3. The van der Waals surface area contributed by atoms with E-state index in [-0.39, 0.29) is 29.2 Å². The highest BCUT2D eigenvalue weighted by Gasteiger charge is 2.15. The lowest BCUT2D eigenvalue weighted by Crippen LogP contribution is -2.31. The van der Waals surface area contributed by atoms with E-state index in [9.17, 15) is 14.4 Å². The summed E-state index contributed by atoms with van der Waals surface area (Å²) in [7, 11) is 0.